The first-order chi connectivity index (χ1) is 10.1. The highest BCUT2D eigenvalue weighted by molar-refractivity contribution is 6.33. The summed E-state index contributed by atoms with van der Waals surface area (Å²) in [7, 11) is 0. The number of halogens is 1. The molecule has 0 saturated carbocycles. The number of carbonyl (C=O) groups is 1. The van der Waals surface area contributed by atoms with Crippen LogP contribution in [0.2, 0.25) is 5.02 Å². The molecule has 0 unspecified atom stereocenters. The second-order valence-electron chi connectivity index (χ2n) is 4.67. The molecular weight excluding hydrogens is 284 g/mol. The van der Waals surface area contributed by atoms with Gasteiger partial charge in [-0.05, 0) is 36.6 Å². The number of amides is 1. The van der Waals surface area contributed by atoms with Crippen molar-refractivity contribution in [2.45, 2.75) is 20.3 Å². The van der Waals surface area contributed by atoms with Gasteiger partial charge in [-0.1, -0.05) is 54.9 Å². The van der Waals surface area contributed by atoms with Gasteiger partial charge in [-0.15, -0.1) is 0 Å². The van der Waals surface area contributed by atoms with Crippen molar-refractivity contribution in [3.05, 3.63) is 70.2 Å². The van der Waals surface area contributed by atoms with E-state index in [0.717, 1.165) is 17.7 Å². The Morgan fingerprint density at radius 3 is 2.43 bits per heavy atom. The summed E-state index contributed by atoms with van der Waals surface area (Å²) in [5.41, 5.74) is 5.94. The molecule has 0 aliphatic carbocycles. The first-order valence-electron chi connectivity index (χ1n) is 6.80. The average molecular weight is 301 g/mol. The summed E-state index contributed by atoms with van der Waals surface area (Å²) in [5.74, 6) is -0.315. The number of hydrogen-bond acceptors (Lipinski definition) is 2. The highest BCUT2D eigenvalue weighted by atomic mass is 35.5. The minimum Gasteiger partial charge on any atom is -0.267 e. The van der Waals surface area contributed by atoms with E-state index in [9.17, 15) is 4.79 Å². The maximum atomic E-state index is 12.0. The van der Waals surface area contributed by atoms with Gasteiger partial charge in [-0.3, -0.25) is 4.79 Å². The maximum Gasteiger partial charge on any atom is 0.272 e. The minimum atomic E-state index is -0.315. The van der Waals surface area contributed by atoms with Crippen LogP contribution in [-0.4, -0.2) is 11.6 Å². The van der Waals surface area contributed by atoms with Crippen molar-refractivity contribution >= 4 is 23.2 Å². The van der Waals surface area contributed by atoms with Gasteiger partial charge in [0.05, 0.1) is 16.3 Å². The molecule has 2 aromatic carbocycles. The van der Waals surface area contributed by atoms with Gasteiger partial charge in [-0.25, -0.2) is 5.43 Å². The monoisotopic (exact) mass is 300 g/mol. The summed E-state index contributed by atoms with van der Waals surface area (Å²) in [4.78, 5) is 12.0. The first-order valence-corrected chi connectivity index (χ1v) is 7.18. The van der Waals surface area contributed by atoms with Gasteiger partial charge >= 0.3 is 0 Å². The summed E-state index contributed by atoms with van der Waals surface area (Å²) >= 11 is 5.98. The van der Waals surface area contributed by atoms with E-state index < -0.39 is 0 Å². The minimum absolute atomic E-state index is 0.315. The largest absolute Gasteiger partial charge is 0.272 e. The van der Waals surface area contributed by atoms with Crippen LogP contribution in [0, 0.1) is 0 Å². The van der Waals surface area contributed by atoms with Crippen molar-refractivity contribution in [3.63, 3.8) is 0 Å². The smallest absolute Gasteiger partial charge is 0.267 e. The predicted octanol–water partition coefficient (Wildman–Crippen LogP) is 4.06. The Balaban J connectivity index is 2.09. The number of nitrogens with zero attached hydrogens (tertiary/aromatic N) is 1. The second kappa shape index (κ2) is 7.04. The molecule has 0 aliphatic rings. The molecule has 2 rings (SSSR count). The lowest BCUT2D eigenvalue weighted by molar-refractivity contribution is 0.0955. The molecule has 1 amide bonds. The SMILES string of the molecule is CCc1ccc(/C(C)=N/NC(=O)c2ccccc2Cl)cc1. The van der Waals surface area contributed by atoms with Gasteiger partial charge in [-0.2, -0.15) is 5.10 Å². The van der Waals surface area contributed by atoms with Gasteiger partial charge in [0.15, 0.2) is 0 Å². The summed E-state index contributed by atoms with van der Waals surface area (Å²) < 4.78 is 0. The van der Waals surface area contributed by atoms with Crippen LogP contribution in [0.15, 0.2) is 53.6 Å². The quantitative estimate of drug-likeness (QED) is 0.671. The summed E-state index contributed by atoms with van der Waals surface area (Å²) in [6, 6.07) is 15.0. The van der Waals surface area contributed by atoms with Crippen LogP contribution >= 0.6 is 11.6 Å². The zero-order valence-electron chi connectivity index (χ0n) is 12.1. The van der Waals surface area contributed by atoms with Gasteiger partial charge in [0.25, 0.3) is 5.91 Å². The van der Waals surface area contributed by atoms with Gasteiger partial charge in [0, 0.05) is 0 Å². The molecule has 0 aliphatic heterocycles. The fourth-order valence-corrected chi connectivity index (χ4v) is 2.11. The molecule has 1 N–H and O–H groups in total. The zero-order chi connectivity index (χ0) is 15.2. The molecule has 0 heterocycles. The fraction of sp³-hybridized carbons (Fsp3) is 0.176. The lowest BCUT2D eigenvalue weighted by atomic mass is 10.1. The maximum absolute atomic E-state index is 12.0. The summed E-state index contributed by atoms with van der Waals surface area (Å²) in [6.07, 6.45) is 1.000. The molecule has 108 valence electrons. The Morgan fingerprint density at radius 2 is 1.81 bits per heavy atom. The molecule has 0 spiro atoms. The van der Waals surface area contributed by atoms with Crippen molar-refractivity contribution in [1.29, 1.82) is 0 Å². The van der Waals surface area contributed by atoms with Crippen molar-refractivity contribution < 1.29 is 4.79 Å². The van der Waals surface area contributed by atoms with E-state index in [-0.39, 0.29) is 5.91 Å². The number of hydrazone groups is 1. The molecule has 0 bridgehead atoms. The molecule has 0 aromatic heterocycles. The second-order valence-corrected chi connectivity index (χ2v) is 5.08. The lowest BCUT2D eigenvalue weighted by Crippen LogP contribution is -2.19. The van der Waals surface area contributed by atoms with E-state index in [1.807, 2.05) is 19.1 Å². The first kappa shape index (κ1) is 15.3. The Bertz CT molecular complexity index is 663. The Kier molecular flexibility index (Phi) is 5.12. The number of nitrogens with one attached hydrogen (secondary N) is 1. The summed E-state index contributed by atoms with van der Waals surface area (Å²) in [5, 5.41) is 4.54. The van der Waals surface area contributed by atoms with Crippen molar-refractivity contribution in [2.24, 2.45) is 5.10 Å². The van der Waals surface area contributed by atoms with Gasteiger partial charge in [0.2, 0.25) is 0 Å². The molecule has 2 aromatic rings. The van der Waals surface area contributed by atoms with E-state index in [2.05, 4.69) is 29.6 Å². The normalized spacial score (nSPS) is 11.3. The molecule has 0 saturated heterocycles. The molecule has 0 atom stereocenters. The van der Waals surface area contributed by atoms with Crippen molar-refractivity contribution in [2.75, 3.05) is 0 Å². The van der Waals surface area contributed by atoms with E-state index in [1.54, 1.807) is 24.3 Å². The van der Waals surface area contributed by atoms with Crippen molar-refractivity contribution in [3.8, 4) is 0 Å². The van der Waals surface area contributed by atoms with Gasteiger partial charge in [0.1, 0.15) is 0 Å². The molecule has 0 fully saturated rings. The third-order valence-corrected chi connectivity index (χ3v) is 3.55. The van der Waals surface area contributed by atoms with E-state index in [4.69, 9.17) is 11.6 Å². The van der Waals surface area contributed by atoms with E-state index in [0.29, 0.717) is 10.6 Å². The summed E-state index contributed by atoms with van der Waals surface area (Å²) in [6.45, 7) is 3.97. The van der Waals surface area contributed by atoms with Crippen LogP contribution < -0.4 is 5.43 Å². The Labute approximate surface area is 129 Å². The van der Waals surface area contributed by atoms with Crippen LogP contribution in [0.5, 0.6) is 0 Å². The molecular formula is C17H17ClN2O. The number of rotatable bonds is 4. The zero-order valence-corrected chi connectivity index (χ0v) is 12.8. The van der Waals surface area contributed by atoms with Crippen LogP contribution in [0.3, 0.4) is 0 Å². The molecule has 21 heavy (non-hydrogen) atoms. The van der Waals surface area contributed by atoms with Crippen molar-refractivity contribution in [1.82, 2.24) is 5.43 Å². The van der Waals surface area contributed by atoms with Gasteiger partial charge < -0.3 is 0 Å². The Hall–Kier alpha value is -2.13. The van der Waals surface area contributed by atoms with E-state index in [1.165, 1.54) is 5.56 Å². The Morgan fingerprint density at radius 1 is 1.14 bits per heavy atom. The topological polar surface area (TPSA) is 41.5 Å². The lowest BCUT2D eigenvalue weighted by Gasteiger charge is -2.05. The third-order valence-electron chi connectivity index (χ3n) is 3.22. The predicted molar refractivity (Wildman–Crippen MR) is 86.9 cm³/mol. The van der Waals surface area contributed by atoms with Crippen LogP contribution in [0.1, 0.15) is 35.3 Å². The third kappa shape index (κ3) is 3.92. The van der Waals surface area contributed by atoms with Crippen LogP contribution in [0.4, 0.5) is 0 Å². The number of hydrogen-bond donors (Lipinski definition) is 1. The molecule has 4 heteroatoms. The molecule has 0 radical (unpaired) electrons. The van der Waals surface area contributed by atoms with E-state index >= 15 is 0 Å². The fourth-order valence-electron chi connectivity index (χ4n) is 1.89. The standard InChI is InChI=1S/C17H17ClN2O/c1-3-13-8-10-14(11-9-13)12(2)19-20-17(21)15-6-4-5-7-16(15)18/h4-11H,3H2,1-2H3,(H,20,21)/b19-12+. The van der Waals surface area contributed by atoms with Crippen LogP contribution in [-0.2, 0) is 6.42 Å². The molecule has 3 nitrogen and oxygen atoms in total. The highest BCUT2D eigenvalue weighted by Gasteiger charge is 2.08. The number of carbonyl (C=O) groups excluding carboxylic acids is 1. The van der Waals surface area contributed by atoms with Crippen LogP contribution in [0.25, 0.3) is 0 Å². The highest BCUT2D eigenvalue weighted by Crippen LogP contribution is 2.14. The number of aryl methyl sites for hydroxylation is 1. The number of benzene rings is 2. The average Bonchev–Trinajstić information content (AvgIpc) is 2.52.